The van der Waals surface area contributed by atoms with Crippen LogP contribution in [-0.4, -0.2) is 62.3 Å². The van der Waals surface area contributed by atoms with Crippen molar-refractivity contribution in [1.82, 2.24) is 20.4 Å². The van der Waals surface area contributed by atoms with Gasteiger partial charge in [-0.05, 0) is 30.7 Å². The Labute approximate surface area is 166 Å². The van der Waals surface area contributed by atoms with E-state index >= 15 is 0 Å². The molecule has 1 aromatic carbocycles. The predicted octanol–water partition coefficient (Wildman–Crippen LogP) is 0.731. The molecule has 1 aliphatic carbocycles. The Morgan fingerprint density at radius 1 is 1.14 bits per heavy atom. The number of sulfonamides is 1. The second kappa shape index (κ2) is 7.70. The number of nitrogens with one attached hydrogen (secondary N) is 3. The molecule has 9 heteroatoms. The van der Waals surface area contributed by atoms with Crippen LogP contribution in [0.1, 0.15) is 37.4 Å². The number of rotatable bonds is 4. The summed E-state index contributed by atoms with van der Waals surface area (Å²) in [5.74, 6) is 0.297. The fraction of sp³-hybridized carbons (Fsp3) is 0.684. The Hall–Kier alpha value is -1.55. The van der Waals surface area contributed by atoms with E-state index in [0.29, 0.717) is 5.92 Å². The number of hydrogen-bond donors (Lipinski definition) is 3. The molecular weight excluding hydrogens is 378 g/mol. The Kier molecular flexibility index (Phi) is 5.43. The second-order valence-electron chi connectivity index (χ2n) is 8.41. The fourth-order valence-corrected chi connectivity index (χ4v) is 5.96. The fourth-order valence-electron chi connectivity index (χ4n) is 5.14. The zero-order chi connectivity index (χ0) is 19.9. The van der Waals surface area contributed by atoms with E-state index in [2.05, 4.69) is 27.5 Å². The molecule has 0 spiro atoms. The maximum Gasteiger partial charge on any atom is 0.251 e. The number of fused-ring (bicyclic) bond motifs is 1. The summed E-state index contributed by atoms with van der Waals surface area (Å²) in [6.07, 6.45) is 4.43. The van der Waals surface area contributed by atoms with Crippen molar-refractivity contribution in [2.45, 2.75) is 56.0 Å². The molecule has 1 saturated carbocycles. The van der Waals surface area contributed by atoms with Crippen LogP contribution in [0, 0.1) is 10.8 Å². The number of benzene rings is 1. The van der Waals surface area contributed by atoms with Crippen molar-refractivity contribution in [1.29, 1.82) is 0 Å². The second-order valence-corrected chi connectivity index (χ2v) is 10.2. The lowest BCUT2D eigenvalue weighted by Crippen LogP contribution is -2.66. The molecule has 3 fully saturated rings. The van der Waals surface area contributed by atoms with Crippen molar-refractivity contribution in [2.24, 2.45) is 5.92 Å². The van der Waals surface area contributed by atoms with Gasteiger partial charge in [-0.15, -0.1) is 5.01 Å². The molecule has 8 nitrogen and oxygen atoms in total. The van der Waals surface area contributed by atoms with Crippen LogP contribution in [0.3, 0.4) is 0 Å². The van der Waals surface area contributed by atoms with E-state index in [1.807, 2.05) is 25.2 Å². The first-order valence-corrected chi connectivity index (χ1v) is 11.9. The summed E-state index contributed by atoms with van der Waals surface area (Å²) in [6.45, 7) is 0.769. The van der Waals surface area contributed by atoms with Crippen LogP contribution in [0.5, 0.6) is 0 Å². The Morgan fingerprint density at radius 3 is 2.54 bits per heavy atom. The van der Waals surface area contributed by atoms with E-state index < -0.39 is 10.0 Å². The first kappa shape index (κ1) is 19.8. The first-order valence-electron chi connectivity index (χ1n) is 10.0. The van der Waals surface area contributed by atoms with E-state index in [-0.39, 0.29) is 30.3 Å². The molecule has 2 heterocycles. The summed E-state index contributed by atoms with van der Waals surface area (Å²) < 4.78 is 26.2. The van der Waals surface area contributed by atoms with E-state index in [9.17, 15) is 13.3 Å². The number of hydrazine groups is 1. The molecule has 3 aliphatic rings. The molecule has 0 aromatic heterocycles. The van der Waals surface area contributed by atoms with Gasteiger partial charge in [-0.2, -0.15) is 0 Å². The van der Waals surface area contributed by atoms with E-state index in [1.165, 1.54) is 6.26 Å². The highest BCUT2D eigenvalue weighted by atomic mass is 32.2. The van der Waals surface area contributed by atoms with Crippen molar-refractivity contribution in [2.75, 3.05) is 19.8 Å². The Bertz CT molecular complexity index is 818. The summed E-state index contributed by atoms with van der Waals surface area (Å²) in [5.41, 5.74) is 1.13. The van der Waals surface area contributed by atoms with Gasteiger partial charge in [0.15, 0.2) is 0 Å². The van der Waals surface area contributed by atoms with E-state index in [4.69, 9.17) is 0 Å². The first-order chi connectivity index (χ1) is 13.3. The standard InChI is InChI=1S/C19H30N5O3S/c1-23-11-10-17(24(23)25)18-15-9-8-14(22-28(2,26)27)12-16(15)20-19(21-18)13-6-4-3-5-7-13/h3-7,14-22H,8-12H2,1-2H3/q+1. The zero-order valence-electron chi connectivity index (χ0n) is 16.4. The molecule has 6 atom stereocenters. The number of nitroso groups, excluding NO2 is 1. The van der Waals surface area contributed by atoms with Gasteiger partial charge in [0.25, 0.3) is 6.04 Å². The van der Waals surface area contributed by atoms with Gasteiger partial charge in [-0.3, -0.25) is 10.6 Å². The topological polar surface area (TPSA) is 93.6 Å². The summed E-state index contributed by atoms with van der Waals surface area (Å²) >= 11 is 0. The quantitative estimate of drug-likeness (QED) is 0.636. The lowest BCUT2D eigenvalue weighted by molar-refractivity contribution is -0.709. The lowest BCUT2D eigenvalue weighted by Gasteiger charge is -2.48. The smallest absolute Gasteiger partial charge is 0.251 e. The van der Waals surface area contributed by atoms with Crippen LogP contribution >= 0.6 is 0 Å². The number of hydrogen-bond acceptors (Lipinski definition) is 5. The van der Waals surface area contributed by atoms with Crippen LogP contribution < -0.4 is 15.4 Å². The average Bonchev–Trinajstić information content (AvgIpc) is 2.99. The SMILES string of the molecule is CN1CCC(C2NC(c3ccccc3)NC3CC(NS(C)(=O)=O)CCC32)[N+]1=O. The molecule has 3 N–H and O–H groups in total. The monoisotopic (exact) mass is 408 g/mol. The van der Waals surface area contributed by atoms with Gasteiger partial charge in [0.05, 0.1) is 37.0 Å². The van der Waals surface area contributed by atoms with Gasteiger partial charge in [-0.1, -0.05) is 30.3 Å². The molecule has 0 radical (unpaired) electrons. The van der Waals surface area contributed by atoms with Crippen molar-refractivity contribution in [3.8, 4) is 0 Å². The highest BCUT2D eigenvalue weighted by molar-refractivity contribution is 7.88. The molecule has 6 unspecified atom stereocenters. The molecule has 2 aliphatic heterocycles. The minimum atomic E-state index is -3.23. The normalized spacial score (nSPS) is 36.4. The van der Waals surface area contributed by atoms with Crippen molar-refractivity contribution in [3.05, 3.63) is 40.8 Å². The molecule has 0 amide bonds. The Morgan fingerprint density at radius 2 is 1.89 bits per heavy atom. The van der Waals surface area contributed by atoms with E-state index in [1.54, 1.807) is 5.01 Å². The highest BCUT2D eigenvalue weighted by Crippen LogP contribution is 2.36. The third kappa shape index (κ3) is 4.07. The van der Waals surface area contributed by atoms with Gasteiger partial charge in [0.2, 0.25) is 10.0 Å². The van der Waals surface area contributed by atoms with Crippen molar-refractivity contribution in [3.63, 3.8) is 0 Å². The predicted molar refractivity (Wildman–Crippen MR) is 107 cm³/mol. The van der Waals surface area contributed by atoms with Crippen LogP contribution in [0.4, 0.5) is 0 Å². The van der Waals surface area contributed by atoms with E-state index in [0.717, 1.165) is 42.7 Å². The third-order valence-electron chi connectivity index (χ3n) is 6.40. The van der Waals surface area contributed by atoms with Gasteiger partial charge < -0.3 is 0 Å². The van der Waals surface area contributed by atoms with Crippen LogP contribution in [0.15, 0.2) is 30.3 Å². The molecule has 1 aromatic rings. The van der Waals surface area contributed by atoms with Gasteiger partial charge >= 0.3 is 0 Å². The molecule has 0 bridgehead atoms. The molecule has 154 valence electrons. The molecular formula is C19H30N5O3S+. The van der Waals surface area contributed by atoms with Crippen LogP contribution in [0.2, 0.25) is 0 Å². The van der Waals surface area contributed by atoms with Crippen LogP contribution in [-0.2, 0) is 10.0 Å². The summed E-state index contributed by atoms with van der Waals surface area (Å²) in [5, 5.41) is 9.14. The van der Waals surface area contributed by atoms with Gasteiger partial charge in [0.1, 0.15) is 4.87 Å². The minimum Gasteiger partial charge on any atom is -0.295 e. The summed E-state index contributed by atoms with van der Waals surface area (Å²) in [6, 6.07) is 10.2. The van der Waals surface area contributed by atoms with Gasteiger partial charge in [0, 0.05) is 18.5 Å². The third-order valence-corrected chi connectivity index (χ3v) is 7.16. The molecule has 4 rings (SSSR count). The highest BCUT2D eigenvalue weighted by Gasteiger charge is 2.52. The summed E-state index contributed by atoms with van der Waals surface area (Å²) in [7, 11) is -1.39. The number of nitrogens with zero attached hydrogens (tertiary/aromatic N) is 2. The largest absolute Gasteiger partial charge is 0.295 e. The van der Waals surface area contributed by atoms with Crippen molar-refractivity contribution >= 4 is 10.0 Å². The van der Waals surface area contributed by atoms with Gasteiger partial charge in [-0.25, -0.2) is 13.1 Å². The molecule has 28 heavy (non-hydrogen) atoms. The average molecular weight is 409 g/mol. The van der Waals surface area contributed by atoms with Crippen molar-refractivity contribution < 1.29 is 13.3 Å². The summed E-state index contributed by atoms with van der Waals surface area (Å²) in [4.78, 5) is 13.8. The Balaban J connectivity index is 1.58. The molecule has 2 saturated heterocycles. The minimum absolute atomic E-state index is 0.0521. The maximum absolute atomic E-state index is 12.7. The maximum atomic E-state index is 12.7. The lowest BCUT2D eigenvalue weighted by atomic mass is 9.73. The van der Waals surface area contributed by atoms with Crippen LogP contribution in [0.25, 0.3) is 0 Å². The zero-order valence-corrected chi connectivity index (χ0v) is 17.2.